The van der Waals surface area contributed by atoms with E-state index < -0.39 is 17.7 Å². The first-order valence-electron chi connectivity index (χ1n) is 10.1. The van der Waals surface area contributed by atoms with Crippen LogP contribution in [0.5, 0.6) is 5.75 Å². The van der Waals surface area contributed by atoms with E-state index in [4.69, 9.17) is 21.1 Å². The predicted molar refractivity (Wildman–Crippen MR) is 119 cm³/mol. The van der Waals surface area contributed by atoms with Crippen molar-refractivity contribution in [1.29, 1.82) is 0 Å². The van der Waals surface area contributed by atoms with Gasteiger partial charge >= 0.3 is 0 Å². The van der Waals surface area contributed by atoms with Gasteiger partial charge in [0, 0.05) is 23.7 Å². The molecule has 2 aromatic rings. The maximum Gasteiger partial charge on any atom is 0.295 e. The third kappa shape index (κ3) is 4.92. The van der Waals surface area contributed by atoms with Crippen LogP contribution in [-0.4, -0.2) is 48.1 Å². The van der Waals surface area contributed by atoms with Crippen molar-refractivity contribution >= 4 is 29.1 Å². The summed E-state index contributed by atoms with van der Waals surface area (Å²) in [7, 11) is 1.51. The Morgan fingerprint density at radius 2 is 1.90 bits per heavy atom. The number of ether oxygens (including phenoxy) is 2. The van der Waals surface area contributed by atoms with Gasteiger partial charge in [-0.1, -0.05) is 41.9 Å². The Labute approximate surface area is 187 Å². The smallest absolute Gasteiger partial charge is 0.295 e. The summed E-state index contributed by atoms with van der Waals surface area (Å²) in [6.07, 6.45) is 0.619. The standard InChI is InChI=1S/C24H26ClNO5/c1-15(2)31-13-7-12-26-21(18-10-4-5-11-19(18)25)20(23(28)24(26)29)22(27)16-8-6-9-17(14-16)30-3/h4-6,8-11,14-15,21,27H,7,12-13H2,1-3H3/t21-/m1/s1. The highest BCUT2D eigenvalue weighted by Crippen LogP contribution is 2.42. The predicted octanol–water partition coefficient (Wildman–Crippen LogP) is 4.59. The molecule has 1 atom stereocenters. The van der Waals surface area contributed by atoms with Crippen LogP contribution in [0.25, 0.3) is 5.76 Å². The summed E-state index contributed by atoms with van der Waals surface area (Å²) in [5.41, 5.74) is 0.978. The van der Waals surface area contributed by atoms with Crippen LogP contribution in [0.4, 0.5) is 0 Å². The van der Waals surface area contributed by atoms with E-state index in [9.17, 15) is 14.7 Å². The molecule has 1 N–H and O–H groups in total. The van der Waals surface area contributed by atoms with Crippen LogP contribution in [0.3, 0.4) is 0 Å². The van der Waals surface area contributed by atoms with Gasteiger partial charge in [-0.05, 0) is 44.0 Å². The summed E-state index contributed by atoms with van der Waals surface area (Å²) in [5.74, 6) is -1.14. The van der Waals surface area contributed by atoms with Crippen LogP contribution >= 0.6 is 11.6 Å². The molecule has 1 saturated heterocycles. The number of Topliss-reactive ketones (excluding diaryl/α,β-unsaturated/α-hetero) is 1. The molecule has 7 heteroatoms. The second-order valence-electron chi connectivity index (χ2n) is 7.52. The second kappa shape index (κ2) is 9.98. The molecule has 1 aliphatic heterocycles. The first kappa shape index (κ1) is 22.8. The molecule has 0 radical (unpaired) electrons. The van der Waals surface area contributed by atoms with Crippen molar-refractivity contribution < 1.29 is 24.2 Å². The minimum atomic E-state index is -0.793. The molecular weight excluding hydrogens is 418 g/mol. The molecule has 1 fully saturated rings. The first-order chi connectivity index (χ1) is 14.8. The number of halogens is 1. The number of ketones is 1. The molecule has 0 bridgehead atoms. The molecule has 2 aromatic carbocycles. The lowest BCUT2D eigenvalue weighted by molar-refractivity contribution is -0.140. The van der Waals surface area contributed by atoms with E-state index in [1.54, 1.807) is 48.5 Å². The molecule has 3 rings (SSSR count). The molecule has 164 valence electrons. The van der Waals surface area contributed by atoms with E-state index in [1.165, 1.54) is 12.0 Å². The number of carbonyl (C=O) groups excluding carboxylic acids is 2. The van der Waals surface area contributed by atoms with Crippen molar-refractivity contribution in [3.8, 4) is 5.75 Å². The average molecular weight is 444 g/mol. The van der Waals surface area contributed by atoms with Gasteiger partial charge in [-0.25, -0.2) is 0 Å². The molecule has 0 spiro atoms. The molecule has 1 amide bonds. The van der Waals surface area contributed by atoms with Gasteiger partial charge in [-0.2, -0.15) is 0 Å². The highest BCUT2D eigenvalue weighted by Gasteiger charge is 2.46. The van der Waals surface area contributed by atoms with Gasteiger partial charge in [-0.15, -0.1) is 0 Å². The Kier molecular flexibility index (Phi) is 7.36. The van der Waals surface area contributed by atoms with E-state index in [0.29, 0.717) is 41.5 Å². The van der Waals surface area contributed by atoms with Gasteiger partial charge in [0.25, 0.3) is 11.7 Å². The van der Waals surface area contributed by atoms with Crippen molar-refractivity contribution in [3.63, 3.8) is 0 Å². The molecule has 6 nitrogen and oxygen atoms in total. The number of benzene rings is 2. The normalized spacial score (nSPS) is 18.1. The van der Waals surface area contributed by atoms with Crippen molar-refractivity contribution in [2.24, 2.45) is 0 Å². The Morgan fingerprint density at radius 1 is 1.16 bits per heavy atom. The van der Waals surface area contributed by atoms with Crippen molar-refractivity contribution in [3.05, 3.63) is 70.3 Å². The topological polar surface area (TPSA) is 76.1 Å². The average Bonchev–Trinajstić information content (AvgIpc) is 3.01. The van der Waals surface area contributed by atoms with Gasteiger partial charge < -0.3 is 19.5 Å². The first-order valence-corrected chi connectivity index (χ1v) is 10.5. The lowest BCUT2D eigenvalue weighted by Gasteiger charge is -2.26. The SMILES string of the molecule is COc1cccc(C(O)=C2C(=O)C(=O)N(CCCOC(C)C)[C@@H]2c2ccccc2Cl)c1. The largest absolute Gasteiger partial charge is 0.507 e. The molecular formula is C24H26ClNO5. The summed E-state index contributed by atoms with van der Waals surface area (Å²) in [6.45, 7) is 4.61. The Bertz CT molecular complexity index is 1000. The number of hydrogen-bond donors (Lipinski definition) is 1. The maximum absolute atomic E-state index is 13.0. The zero-order chi connectivity index (χ0) is 22.5. The molecule has 1 aliphatic rings. The second-order valence-corrected chi connectivity index (χ2v) is 7.93. The highest BCUT2D eigenvalue weighted by molar-refractivity contribution is 6.47. The van der Waals surface area contributed by atoms with Crippen LogP contribution in [-0.2, 0) is 14.3 Å². The van der Waals surface area contributed by atoms with Crippen molar-refractivity contribution in [2.45, 2.75) is 32.4 Å². The van der Waals surface area contributed by atoms with Crippen molar-refractivity contribution in [1.82, 2.24) is 4.90 Å². The Morgan fingerprint density at radius 3 is 2.58 bits per heavy atom. The summed E-state index contributed by atoms with van der Waals surface area (Å²) >= 11 is 6.43. The van der Waals surface area contributed by atoms with E-state index in [1.807, 2.05) is 13.8 Å². The summed E-state index contributed by atoms with van der Waals surface area (Å²) in [6, 6.07) is 12.9. The zero-order valence-corrected chi connectivity index (χ0v) is 18.6. The van der Waals surface area contributed by atoms with Gasteiger partial charge in [-0.3, -0.25) is 9.59 Å². The fourth-order valence-corrected chi connectivity index (χ4v) is 3.85. The number of rotatable bonds is 8. The number of methoxy groups -OCH3 is 1. The lowest BCUT2D eigenvalue weighted by Crippen LogP contribution is -2.31. The fraction of sp³-hybridized carbons (Fsp3) is 0.333. The highest BCUT2D eigenvalue weighted by atomic mass is 35.5. The van der Waals surface area contributed by atoms with Crippen LogP contribution < -0.4 is 4.74 Å². The Balaban J connectivity index is 2.06. The molecule has 0 saturated carbocycles. The number of aliphatic hydroxyl groups is 1. The molecule has 1 heterocycles. The van der Waals surface area contributed by atoms with Crippen LogP contribution in [0.2, 0.25) is 5.02 Å². The van der Waals surface area contributed by atoms with Crippen LogP contribution in [0.1, 0.15) is 37.4 Å². The minimum absolute atomic E-state index is 0.0103. The lowest BCUT2D eigenvalue weighted by atomic mass is 9.95. The van der Waals surface area contributed by atoms with Gasteiger partial charge in [0.1, 0.15) is 11.5 Å². The van der Waals surface area contributed by atoms with Crippen LogP contribution in [0, 0.1) is 0 Å². The summed E-state index contributed by atoms with van der Waals surface area (Å²) < 4.78 is 10.8. The van der Waals surface area contributed by atoms with Gasteiger partial charge in [0.05, 0.1) is 24.8 Å². The summed E-state index contributed by atoms with van der Waals surface area (Å²) in [4.78, 5) is 27.4. The zero-order valence-electron chi connectivity index (χ0n) is 17.8. The third-order valence-corrected chi connectivity index (χ3v) is 5.42. The molecule has 0 aliphatic carbocycles. The van der Waals surface area contributed by atoms with E-state index in [0.717, 1.165) is 0 Å². The third-order valence-electron chi connectivity index (χ3n) is 5.08. The van der Waals surface area contributed by atoms with Gasteiger partial charge in [0.2, 0.25) is 0 Å². The molecule has 0 aromatic heterocycles. The number of nitrogens with zero attached hydrogens (tertiary/aromatic N) is 1. The molecule has 31 heavy (non-hydrogen) atoms. The number of hydrogen-bond acceptors (Lipinski definition) is 5. The van der Waals surface area contributed by atoms with E-state index >= 15 is 0 Å². The van der Waals surface area contributed by atoms with Crippen LogP contribution in [0.15, 0.2) is 54.1 Å². The van der Waals surface area contributed by atoms with Gasteiger partial charge in [0.15, 0.2) is 0 Å². The Hall–Kier alpha value is -2.83. The van der Waals surface area contributed by atoms with Crippen molar-refractivity contribution in [2.75, 3.05) is 20.3 Å². The quantitative estimate of drug-likeness (QED) is 0.279. The maximum atomic E-state index is 13.0. The van der Waals surface area contributed by atoms with E-state index in [-0.39, 0.29) is 17.4 Å². The summed E-state index contributed by atoms with van der Waals surface area (Å²) in [5, 5.41) is 11.5. The monoisotopic (exact) mass is 443 g/mol. The minimum Gasteiger partial charge on any atom is -0.507 e. The number of likely N-dealkylation sites (tertiary alicyclic amines) is 1. The number of amides is 1. The fourth-order valence-electron chi connectivity index (χ4n) is 3.61. The number of aliphatic hydroxyl groups excluding tert-OH is 1. The van der Waals surface area contributed by atoms with E-state index in [2.05, 4.69) is 0 Å². The number of carbonyl (C=O) groups is 2. The molecule has 0 unspecified atom stereocenters.